The van der Waals surface area contributed by atoms with Crippen LogP contribution in [0.2, 0.25) is 0 Å². The first-order chi connectivity index (χ1) is 7.24. The Morgan fingerprint density at radius 2 is 2.13 bits per heavy atom. The van der Waals surface area contributed by atoms with Crippen molar-refractivity contribution in [2.75, 3.05) is 13.2 Å². The highest BCUT2D eigenvalue weighted by molar-refractivity contribution is 5.67. The second-order valence-electron chi connectivity index (χ2n) is 3.14. The fraction of sp³-hybridized carbons (Fsp3) is 0.364. The van der Waals surface area contributed by atoms with E-state index in [1.165, 1.54) is 0 Å². The summed E-state index contributed by atoms with van der Waals surface area (Å²) in [6.07, 6.45) is -0.514. The SMILES string of the molecule is C[C@@H](NC(=O)OCCO)c1ccccc1. The molecule has 1 rings (SSSR count). The van der Waals surface area contributed by atoms with Gasteiger partial charge in [0.2, 0.25) is 0 Å². The molecule has 0 aliphatic rings. The highest BCUT2D eigenvalue weighted by Crippen LogP contribution is 2.10. The van der Waals surface area contributed by atoms with Gasteiger partial charge in [0.05, 0.1) is 12.6 Å². The topological polar surface area (TPSA) is 58.6 Å². The molecule has 1 amide bonds. The number of amides is 1. The van der Waals surface area contributed by atoms with Crippen molar-refractivity contribution in [3.8, 4) is 0 Å². The maximum Gasteiger partial charge on any atom is 0.407 e. The molecule has 1 aromatic carbocycles. The lowest BCUT2D eigenvalue weighted by Gasteiger charge is -2.13. The van der Waals surface area contributed by atoms with Crippen LogP contribution >= 0.6 is 0 Å². The minimum atomic E-state index is -0.514. The summed E-state index contributed by atoms with van der Waals surface area (Å²) in [7, 11) is 0. The van der Waals surface area contributed by atoms with E-state index in [4.69, 9.17) is 5.11 Å². The summed E-state index contributed by atoms with van der Waals surface area (Å²) in [5.41, 5.74) is 1.01. The lowest BCUT2D eigenvalue weighted by molar-refractivity contribution is 0.116. The summed E-state index contributed by atoms with van der Waals surface area (Å²) < 4.78 is 4.68. The monoisotopic (exact) mass is 209 g/mol. The van der Waals surface area contributed by atoms with Gasteiger partial charge in [-0.15, -0.1) is 0 Å². The molecule has 82 valence electrons. The van der Waals surface area contributed by atoms with E-state index >= 15 is 0 Å². The largest absolute Gasteiger partial charge is 0.447 e. The zero-order valence-corrected chi connectivity index (χ0v) is 8.64. The zero-order chi connectivity index (χ0) is 11.1. The molecule has 0 saturated carbocycles. The predicted molar refractivity (Wildman–Crippen MR) is 56.4 cm³/mol. The van der Waals surface area contributed by atoms with Crippen molar-refractivity contribution in [2.24, 2.45) is 0 Å². The fourth-order valence-corrected chi connectivity index (χ4v) is 1.18. The van der Waals surface area contributed by atoms with E-state index in [0.717, 1.165) is 5.56 Å². The number of hydrogen-bond acceptors (Lipinski definition) is 3. The first-order valence-electron chi connectivity index (χ1n) is 4.83. The highest BCUT2D eigenvalue weighted by Gasteiger charge is 2.08. The fourth-order valence-electron chi connectivity index (χ4n) is 1.18. The van der Waals surface area contributed by atoms with Gasteiger partial charge in [0.15, 0.2) is 0 Å². The van der Waals surface area contributed by atoms with Crippen molar-refractivity contribution in [1.82, 2.24) is 5.32 Å². The molecular formula is C11H15NO3. The van der Waals surface area contributed by atoms with Crippen LogP contribution in [0.4, 0.5) is 4.79 Å². The standard InChI is InChI=1S/C11H15NO3/c1-9(10-5-3-2-4-6-10)12-11(14)15-8-7-13/h2-6,9,13H,7-8H2,1H3,(H,12,14)/t9-/m1/s1. The Bertz CT molecular complexity index is 300. The van der Waals surface area contributed by atoms with E-state index in [2.05, 4.69) is 10.1 Å². The maximum atomic E-state index is 11.1. The van der Waals surface area contributed by atoms with Crippen LogP contribution in [-0.2, 0) is 4.74 Å². The number of alkyl carbamates (subject to hydrolysis) is 1. The van der Waals surface area contributed by atoms with Crippen LogP contribution in [0.25, 0.3) is 0 Å². The van der Waals surface area contributed by atoms with Gasteiger partial charge in [-0.05, 0) is 12.5 Å². The average Bonchev–Trinajstić information content (AvgIpc) is 2.27. The number of carbonyl (C=O) groups excluding carboxylic acids is 1. The molecule has 0 aliphatic carbocycles. The van der Waals surface area contributed by atoms with Crippen LogP contribution in [0.5, 0.6) is 0 Å². The van der Waals surface area contributed by atoms with Gasteiger partial charge >= 0.3 is 6.09 Å². The summed E-state index contributed by atoms with van der Waals surface area (Å²) in [4.78, 5) is 11.1. The first-order valence-corrected chi connectivity index (χ1v) is 4.83. The minimum Gasteiger partial charge on any atom is -0.447 e. The second-order valence-corrected chi connectivity index (χ2v) is 3.14. The van der Waals surface area contributed by atoms with Gasteiger partial charge in [0, 0.05) is 0 Å². The van der Waals surface area contributed by atoms with Gasteiger partial charge in [-0.2, -0.15) is 0 Å². The molecule has 0 radical (unpaired) electrons. The van der Waals surface area contributed by atoms with Crippen LogP contribution < -0.4 is 5.32 Å². The van der Waals surface area contributed by atoms with Gasteiger partial charge in [-0.25, -0.2) is 4.79 Å². The van der Waals surface area contributed by atoms with Gasteiger partial charge in [0.25, 0.3) is 0 Å². The number of ether oxygens (including phenoxy) is 1. The number of aliphatic hydroxyl groups excluding tert-OH is 1. The van der Waals surface area contributed by atoms with E-state index in [1.54, 1.807) is 0 Å². The van der Waals surface area contributed by atoms with Crippen molar-refractivity contribution < 1.29 is 14.6 Å². The van der Waals surface area contributed by atoms with Crippen LogP contribution in [0.1, 0.15) is 18.5 Å². The molecule has 4 heteroatoms. The quantitative estimate of drug-likeness (QED) is 0.789. The summed E-state index contributed by atoms with van der Waals surface area (Å²) in [6.45, 7) is 1.73. The lowest BCUT2D eigenvalue weighted by Crippen LogP contribution is -2.28. The van der Waals surface area contributed by atoms with Gasteiger partial charge in [-0.1, -0.05) is 30.3 Å². The van der Waals surface area contributed by atoms with E-state index in [1.807, 2.05) is 37.3 Å². The third kappa shape index (κ3) is 3.99. The normalized spacial score (nSPS) is 11.9. The summed E-state index contributed by atoms with van der Waals surface area (Å²) in [6, 6.07) is 9.49. The number of aliphatic hydroxyl groups is 1. The van der Waals surface area contributed by atoms with Crippen LogP contribution in [0.15, 0.2) is 30.3 Å². The molecule has 0 saturated heterocycles. The third-order valence-corrected chi connectivity index (χ3v) is 1.96. The van der Waals surface area contributed by atoms with Gasteiger partial charge in [-0.3, -0.25) is 0 Å². The van der Waals surface area contributed by atoms with Crippen LogP contribution in [0.3, 0.4) is 0 Å². The average molecular weight is 209 g/mol. The Morgan fingerprint density at radius 1 is 1.47 bits per heavy atom. The summed E-state index contributed by atoms with van der Waals surface area (Å²) in [5, 5.41) is 11.1. The molecule has 4 nitrogen and oxygen atoms in total. The Kier molecular flexibility index (Phi) is 4.63. The lowest BCUT2D eigenvalue weighted by atomic mass is 10.1. The number of rotatable bonds is 4. The van der Waals surface area contributed by atoms with Crippen molar-refractivity contribution >= 4 is 6.09 Å². The van der Waals surface area contributed by atoms with E-state index in [-0.39, 0.29) is 19.3 Å². The molecule has 0 fully saturated rings. The van der Waals surface area contributed by atoms with E-state index in [0.29, 0.717) is 0 Å². The van der Waals surface area contributed by atoms with Gasteiger partial charge < -0.3 is 15.2 Å². The molecule has 0 spiro atoms. The second kappa shape index (κ2) is 6.03. The van der Waals surface area contributed by atoms with Crippen molar-refractivity contribution in [3.63, 3.8) is 0 Å². The Balaban J connectivity index is 2.42. The van der Waals surface area contributed by atoms with E-state index < -0.39 is 6.09 Å². The molecule has 0 unspecified atom stereocenters. The third-order valence-electron chi connectivity index (χ3n) is 1.96. The number of hydrogen-bond donors (Lipinski definition) is 2. The zero-order valence-electron chi connectivity index (χ0n) is 8.64. The van der Waals surface area contributed by atoms with Crippen molar-refractivity contribution in [2.45, 2.75) is 13.0 Å². The Morgan fingerprint density at radius 3 is 2.73 bits per heavy atom. The van der Waals surface area contributed by atoms with Crippen LogP contribution in [-0.4, -0.2) is 24.4 Å². The molecule has 0 aromatic heterocycles. The molecule has 0 bridgehead atoms. The Hall–Kier alpha value is -1.55. The van der Waals surface area contributed by atoms with E-state index in [9.17, 15) is 4.79 Å². The van der Waals surface area contributed by atoms with Crippen molar-refractivity contribution in [1.29, 1.82) is 0 Å². The summed E-state index contributed by atoms with van der Waals surface area (Å²) >= 11 is 0. The Labute approximate surface area is 88.9 Å². The predicted octanol–water partition coefficient (Wildman–Crippen LogP) is 1.47. The van der Waals surface area contributed by atoms with Crippen molar-refractivity contribution in [3.05, 3.63) is 35.9 Å². The highest BCUT2D eigenvalue weighted by atomic mass is 16.6. The number of nitrogens with one attached hydrogen (secondary N) is 1. The molecule has 1 aromatic rings. The molecule has 1 atom stereocenters. The number of benzene rings is 1. The first kappa shape index (κ1) is 11.5. The van der Waals surface area contributed by atoms with Crippen LogP contribution in [0, 0.1) is 0 Å². The smallest absolute Gasteiger partial charge is 0.407 e. The molecule has 2 N–H and O–H groups in total. The molecular weight excluding hydrogens is 194 g/mol. The molecule has 15 heavy (non-hydrogen) atoms. The maximum absolute atomic E-state index is 11.1. The minimum absolute atomic E-state index is 0.0212. The molecule has 0 heterocycles. The summed E-state index contributed by atoms with van der Waals surface area (Å²) in [5.74, 6) is 0. The molecule has 0 aliphatic heterocycles. The van der Waals surface area contributed by atoms with Gasteiger partial charge in [0.1, 0.15) is 6.61 Å². The number of carbonyl (C=O) groups is 1.